The van der Waals surface area contributed by atoms with E-state index in [2.05, 4.69) is 23.9 Å². The maximum Gasteiger partial charge on any atom is 0.348 e. The quantitative estimate of drug-likeness (QED) is 0.779. The maximum atomic E-state index is 11.2. The minimum Gasteiger partial charge on any atom is -0.465 e. The molecule has 0 aromatic carbocycles. The van der Waals surface area contributed by atoms with E-state index in [4.69, 9.17) is 0 Å². The van der Waals surface area contributed by atoms with Crippen LogP contribution < -0.4 is 5.32 Å². The number of rotatable bonds is 4. The smallest absolute Gasteiger partial charge is 0.348 e. The molecule has 0 aliphatic rings. The van der Waals surface area contributed by atoms with Crippen LogP contribution in [0.2, 0.25) is 0 Å². The first-order valence-electron chi connectivity index (χ1n) is 4.60. The van der Waals surface area contributed by atoms with Crippen molar-refractivity contribution in [2.45, 2.75) is 19.9 Å². The van der Waals surface area contributed by atoms with Gasteiger partial charge in [0.15, 0.2) is 0 Å². The molecule has 0 aliphatic heterocycles. The van der Waals surface area contributed by atoms with E-state index in [1.807, 2.05) is 6.07 Å². The van der Waals surface area contributed by atoms with Crippen LogP contribution in [0.25, 0.3) is 0 Å². The number of carbonyl (C=O) groups is 1. The zero-order chi connectivity index (χ0) is 10.6. The molecule has 1 heterocycles. The van der Waals surface area contributed by atoms with Crippen LogP contribution in [-0.2, 0) is 4.74 Å². The molecule has 0 saturated carbocycles. The summed E-state index contributed by atoms with van der Waals surface area (Å²) >= 11 is 1.48. The Bertz CT molecular complexity index is 309. The zero-order valence-electron chi connectivity index (χ0n) is 8.66. The van der Waals surface area contributed by atoms with Crippen molar-refractivity contribution in [3.8, 4) is 0 Å². The minimum absolute atomic E-state index is 0.259. The van der Waals surface area contributed by atoms with E-state index in [1.165, 1.54) is 18.4 Å². The summed E-state index contributed by atoms with van der Waals surface area (Å²) in [6.07, 6.45) is 0. The predicted molar refractivity (Wildman–Crippen MR) is 57.8 cm³/mol. The number of thiophene rings is 1. The predicted octanol–water partition coefficient (Wildman–Crippen LogP) is 2.21. The molecule has 0 aliphatic carbocycles. The molecule has 0 saturated heterocycles. The van der Waals surface area contributed by atoms with Crippen molar-refractivity contribution in [2.24, 2.45) is 0 Å². The summed E-state index contributed by atoms with van der Waals surface area (Å²) < 4.78 is 4.64. The number of carbonyl (C=O) groups excluding carboxylic acids is 1. The Kier molecular flexibility index (Phi) is 4.10. The Morgan fingerprint density at radius 2 is 2.36 bits per heavy atom. The SMILES string of the molecule is CCNC(C)c1ccc(C(=O)OC)s1. The Morgan fingerprint density at radius 1 is 1.64 bits per heavy atom. The summed E-state index contributed by atoms with van der Waals surface area (Å²) in [6, 6.07) is 4.06. The molecule has 0 spiro atoms. The Hall–Kier alpha value is -0.870. The molecule has 1 rings (SSSR count). The largest absolute Gasteiger partial charge is 0.465 e. The second-order valence-electron chi connectivity index (χ2n) is 2.97. The molecule has 0 amide bonds. The number of ether oxygens (including phenoxy) is 1. The van der Waals surface area contributed by atoms with Gasteiger partial charge in [0.1, 0.15) is 4.88 Å². The summed E-state index contributed by atoms with van der Waals surface area (Å²) in [4.78, 5) is 13.0. The van der Waals surface area contributed by atoms with Crippen molar-refractivity contribution in [3.63, 3.8) is 0 Å². The van der Waals surface area contributed by atoms with E-state index in [-0.39, 0.29) is 5.97 Å². The van der Waals surface area contributed by atoms with Crippen molar-refractivity contribution in [2.75, 3.05) is 13.7 Å². The van der Waals surface area contributed by atoms with Gasteiger partial charge in [0.25, 0.3) is 0 Å². The summed E-state index contributed by atoms with van der Waals surface area (Å²) in [5, 5.41) is 3.29. The highest BCUT2D eigenvalue weighted by atomic mass is 32.1. The molecule has 1 aromatic heterocycles. The van der Waals surface area contributed by atoms with Gasteiger partial charge in [0.05, 0.1) is 7.11 Å². The molecule has 0 fully saturated rings. The fourth-order valence-electron chi connectivity index (χ4n) is 1.20. The van der Waals surface area contributed by atoms with Gasteiger partial charge in [-0.1, -0.05) is 6.92 Å². The van der Waals surface area contributed by atoms with Crippen LogP contribution in [0.4, 0.5) is 0 Å². The average molecular weight is 213 g/mol. The first-order chi connectivity index (χ1) is 6.69. The van der Waals surface area contributed by atoms with Crippen LogP contribution in [0.1, 0.15) is 34.4 Å². The summed E-state index contributed by atoms with van der Waals surface area (Å²) in [5.41, 5.74) is 0. The summed E-state index contributed by atoms with van der Waals surface area (Å²) in [7, 11) is 1.40. The fraction of sp³-hybridized carbons (Fsp3) is 0.500. The molecule has 1 unspecified atom stereocenters. The van der Waals surface area contributed by atoms with Gasteiger partial charge in [-0.2, -0.15) is 0 Å². The normalized spacial score (nSPS) is 12.5. The van der Waals surface area contributed by atoms with Gasteiger partial charge in [0, 0.05) is 10.9 Å². The molecule has 1 N–H and O–H groups in total. The number of hydrogen-bond acceptors (Lipinski definition) is 4. The summed E-state index contributed by atoms with van der Waals surface area (Å²) in [6.45, 7) is 5.06. The van der Waals surface area contributed by atoms with Crippen LogP contribution in [0.5, 0.6) is 0 Å². The van der Waals surface area contributed by atoms with Gasteiger partial charge in [-0.15, -0.1) is 11.3 Å². The number of esters is 1. The van der Waals surface area contributed by atoms with Crippen molar-refractivity contribution >= 4 is 17.3 Å². The molecule has 78 valence electrons. The van der Waals surface area contributed by atoms with Gasteiger partial charge in [-0.05, 0) is 25.6 Å². The lowest BCUT2D eigenvalue weighted by Crippen LogP contribution is -2.16. The molecule has 1 aromatic rings. The topological polar surface area (TPSA) is 38.3 Å². The third kappa shape index (κ3) is 2.56. The summed E-state index contributed by atoms with van der Waals surface area (Å²) in [5.74, 6) is -0.259. The van der Waals surface area contributed by atoms with Gasteiger partial charge < -0.3 is 10.1 Å². The van der Waals surface area contributed by atoms with E-state index < -0.39 is 0 Å². The number of nitrogens with one attached hydrogen (secondary N) is 1. The lowest BCUT2D eigenvalue weighted by atomic mass is 10.3. The monoisotopic (exact) mass is 213 g/mol. The third-order valence-corrected chi connectivity index (χ3v) is 3.20. The lowest BCUT2D eigenvalue weighted by Gasteiger charge is -2.08. The van der Waals surface area contributed by atoms with E-state index in [9.17, 15) is 4.79 Å². The van der Waals surface area contributed by atoms with Gasteiger partial charge in [-0.3, -0.25) is 0 Å². The van der Waals surface area contributed by atoms with Crippen molar-refractivity contribution < 1.29 is 9.53 Å². The Labute approximate surface area is 88.1 Å². The van der Waals surface area contributed by atoms with Crippen LogP contribution in [-0.4, -0.2) is 19.6 Å². The van der Waals surface area contributed by atoms with E-state index in [0.717, 1.165) is 11.4 Å². The standard InChI is InChI=1S/C10H15NO2S/c1-4-11-7(2)8-5-6-9(14-8)10(12)13-3/h5-7,11H,4H2,1-3H3. The molecular formula is C10H15NO2S. The second kappa shape index (κ2) is 5.12. The van der Waals surface area contributed by atoms with E-state index >= 15 is 0 Å². The molecule has 3 nitrogen and oxygen atoms in total. The molecule has 0 bridgehead atoms. The maximum absolute atomic E-state index is 11.2. The fourth-order valence-corrected chi connectivity index (χ4v) is 2.16. The molecule has 0 radical (unpaired) electrons. The van der Waals surface area contributed by atoms with Crippen molar-refractivity contribution in [3.05, 3.63) is 21.9 Å². The van der Waals surface area contributed by atoms with Gasteiger partial charge >= 0.3 is 5.97 Å². The molecule has 1 atom stereocenters. The lowest BCUT2D eigenvalue weighted by molar-refractivity contribution is 0.0606. The third-order valence-electron chi connectivity index (χ3n) is 1.95. The highest BCUT2D eigenvalue weighted by molar-refractivity contribution is 7.14. The van der Waals surface area contributed by atoms with Crippen LogP contribution in [0.15, 0.2) is 12.1 Å². The van der Waals surface area contributed by atoms with Crippen molar-refractivity contribution in [1.82, 2.24) is 5.32 Å². The van der Waals surface area contributed by atoms with E-state index in [1.54, 1.807) is 6.07 Å². The van der Waals surface area contributed by atoms with Gasteiger partial charge in [-0.25, -0.2) is 4.79 Å². The first-order valence-corrected chi connectivity index (χ1v) is 5.42. The Morgan fingerprint density at radius 3 is 2.93 bits per heavy atom. The van der Waals surface area contributed by atoms with Crippen molar-refractivity contribution in [1.29, 1.82) is 0 Å². The second-order valence-corrected chi connectivity index (χ2v) is 4.09. The van der Waals surface area contributed by atoms with Crippen LogP contribution >= 0.6 is 11.3 Å². The molecule has 14 heavy (non-hydrogen) atoms. The number of methoxy groups -OCH3 is 1. The Balaban J connectivity index is 2.72. The number of hydrogen-bond donors (Lipinski definition) is 1. The van der Waals surface area contributed by atoms with Crippen LogP contribution in [0, 0.1) is 0 Å². The first kappa shape index (κ1) is 11.2. The minimum atomic E-state index is -0.259. The highest BCUT2D eigenvalue weighted by Gasteiger charge is 2.12. The highest BCUT2D eigenvalue weighted by Crippen LogP contribution is 2.23. The van der Waals surface area contributed by atoms with E-state index in [0.29, 0.717) is 10.9 Å². The van der Waals surface area contributed by atoms with Crippen LogP contribution in [0.3, 0.4) is 0 Å². The molecule has 4 heteroatoms. The van der Waals surface area contributed by atoms with Gasteiger partial charge in [0.2, 0.25) is 0 Å². The molecular weight excluding hydrogens is 198 g/mol. The zero-order valence-corrected chi connectivity index (χ0v) is 9.48. The average Bonchev–Trinajstić information content (AvgIpc) is 2.66.